The fourth-order valence-corrected chi connectivity index (χ4v) is 7.33. The number of aliphatic carboxylic acids is 1. The molecule has 0 unspecified atom stereocenters. The van der Waals surface area contributed by atoms with Crippen LogP contribution < -0.4 is 4.74 Å². The number of carbonyl (C=O) groups is 1. The van der Waals surface area contributed by atoms with Gasteiger partial charge in [-0.1, -0.05) is 45.0 Å². The zero-order valence-corrected chi connectivity index (χ0v) is 26.8. The molecule has 2 aromatic carbocycles. The topological polar surface area (TPSA) is 70.8 Å². The standard InChI is InChI=1S/C36H49FN4O3/c1-5-18-44-32-12-10-26(11-13-32)19-31-21-34(41(6-2)38-31)27-14-16-39(17-15-27)22-29-23-40(35(25(3)4)36(42)43)24-33(29)28-8-7-9-30(37)20-28/h7-13,20-21,25,27,29,33,35H,5-6,14-19,22-24H2,1-4H3,(H,42,43)/t29-,33+,35+/m0/s1. The lowest BCUT2D eigenvalue weighted by atomic mass is 9.87. The van der Waals surface area contributed by atoms with Gasteiger partial charge in [-0.3, -0.25) is 14.4 Å². The lowest BCUT2D eigenvalue weighted by Crippen LogP contribution is -2.44. The summed E-state index contributed by atoms with van der Waals surface area (Å²) < 4.78 is 22.1. The highest BCUT2D eigenvalue weighted by atomic mass is 19.1. The Morgan fingerprint density at radius 2 is 1.82 bits per heavy atom. The molecule has 0 aliphatic carbocycles. The number of rotatable bonds is 13. The quantitative estimate of drug-likeness (QED) is 0.243. The molecule has 0 saturated carbocycles. The van der Waals surface area contributed by atoms with Crippen LogP contribution in [0.15, 0.2) is 54.6 Å². The van der Waals surface area contributed by atoms with Crippen LogP contribution in [0.3, 0.4) is 0 Å². The molecule has 44 heavy (non-hydrogen) atoms. The highest BCUT2D eigenvalue weighted by Gasteiger charge is 2.41. The zero-order chi connectivity index (χ0) is 31.2. The van der Waals surface area contributed by atoms with E-state index < -0.39 is 12.0 Å². The Morgan fingerprint density at radius 3 is 2.45 bits per heavy atom. The maximum absolute atomic E-state index is 14.2. The lowest BCUT2D eigenvalue weighted by Gasteiger charge is -2.35. The molecule has 2 aliphatic rings. The largest absolute Gasteiger partial charge is 0.494 e. The number of likely N-dealkylation sites (tertiary alicyclic amines) is 2. The molecule has 3 heterocycles. The van der Waals surface area contributed by atoms with Crippen molar-refractivity contribution in [1.29, 1.82) is 0 Å². The minimum absolute atomic E-state index is 0.00244. The van der Waals surface area contributed by atoms with Gasteiger partial charge in [-0.05, 0) is 92.6 Å². The van der Waals surface area contributed by atoms with E-state index in [0.717, 1.165) is 75.5 Å². The van der Waals surface area contributed by atoms with Crippen molar-refractivity contribution < 1.29 is 19.0 Å². The van der Waals surface area contributed by atoms with Crippen LogP contribution >= 0.6 is 0 Å². The molecule has 3 atom stereocenters. The van der Waals surface area contributed by atoms with Crippen molar-refractivity contribution in [2.75, 3.05) is 39.3 Å². The van der Waals surface area contributed by atoms with E-state index in [-0.39, 0.29) is 23.6 Å². The summed E-state index contributed by atoms with van der Waals surface area (Å²) in [5, 5.41) is 15.0. The molecule has 1 aromatic heterocycles. The summed E-state index contributed by atoms with van der Waals surface area (Å²) in [4.78, 5) is 16.8. The second-order valence-electron chi connectivity index (χ2n) is 13.0. The summed E-state index contributed by atoms with van der Waals surface area (Å²) in [6, 6.07) is 17.0. The van der Waals surface area contributed by atoms with Crippen molar-refractivity contribution in [2.45, 2.75) is 77.8 Å². The Hall–Kier alpha value is -3.23. The SMILES string of the molecule is CCCOc1ccc(Cc2cc(C3CCN(C[C@H]4CN([C@@H](C(=O)O)C(C)C)C[C@@H]4c4cccc(F)c4)CC3)n(CC)n2)cc1. The number of aromatic nitrogens is 2. The molecule has 0 amide bonds. The van der Waals surface area contributed by atoms with Crippen molar-refractivity contribution in [1.82, 2.24) is 19.6 Å². The third kappa shape index (κ3) is 7.70. The highest BCUT2D eigenvalue weighted by molar-refractivity contribution is 5.73. The average molecular weight is 605 g/mol. The molecule has 2 saturated heterocycles. The Labute approximate surface area is 262 Å². The summed E-state index contributed by atoms with van der Waals surface area (Å²) in [6.45, 7) is 14.0. The molecule has 0 bridgehead atoms. The molecular formula is C36H49FN4O3. The Bertz CT molecular complexity index is 1370. The van der Waals surface area contributed by atoms with E-state index in [0.29, 0.717) is 19.0 Å². The minimum atomic E-state index is -0.774. The molecule has 238 valence electrons. The third-order valence-corrected chi connectivity index (χ3v) is 9.47. The maximum Gasteiger partial charge on any atom is 0.321 e. The molecule has 1 N–H and O–H groups in total. The van der Waals surface area contributed by atoms with Gasteiger partial charge in [0.15, 0.2) is 0 Å². The normalized spacial score (nSPS) is 20.8. The smallest absolute Gasteiger partial charge is 0.321 e. The van der Waals surface area contributed by atoms with Gasteiger partial charge in [-0.2, -0.15) is 5.10 Å². The summed E-state index contributed by atoms with van der Waals surface area (Å²) in [5.74, 6) is 0.738. The summed E-state index contributed by atoms with van der Waals surface area (Å²) in [7, 11) is 0. The molecular weight excluding hydrogens is 555 g/mol. The van der Waals surface area contributed by atoms with Crippen LogP contribution in [0.2, 0.25) is 0 Å². The van der Waals surface area contributed by atoms with Crippen LogP contribution in [0.25, 0.3) is 0 Å². The van der Waals surface area contributed by atoms with E-state index in [1.807, 2.05) is 32.0 Å². The first-order valence-corrected chi connectivity index (χ1v) is 16.5. The van der Waals surface area contributed by atoms with Gasteiger partial charge < -0.3 is 14.7 Å². The van der Waals surface area contributed by atoms with Crippen molar-refractivity contribution in [3.63, 3.8) is 0 Å². The van der Waals surface area contributed by atoms with Crippen LogP contribution in [0.5, 0.6) is 5.75 Å². The predicted octanol–water partition coefficient (Wildman–Crippen LogP) is 6.43. The maximum atomic E-state index is 14.2. The third-order valence-electron chi connectivity index (χ3n) is 9.47. The van der Waals surface area contributed by atoms with Crippen LogP contribution in [-0.2, 0) is 17.8 Å². The van der Waals surface area contributed by atoms with Crippen LogP contribution in [0.4, 0.5) is 4.39 Å². The number of aryl methyl sites for hydroxylation is 1. The van der Waals surface area contributed by atoms with Crippen molar-refractivity contribution in [3.05, 3.63) is 82.9 Å². The van der Waals surface area contributed by atoms with Crippen LogP contribution in [0.1, 0.15) is 81.3 Å². The van der Waals surface area contributed by atoms with Crippen molar-refractivity contribution in [3.8, 4) is 5.75 Å². The van der Waals surface area contributed by atoms with E-state index in [4.69, 9.17) is 9.84 Å². The van der Waals surface area contributed by atoms with E-state index in [1.165, 1.54) is 17.3 Å². The summed E-state index contributed by atoms with van der Waals surface area (Å²) >= 11 is 0. The van der Waals surface area contributed by atoms with Gasteiger partial charge in [0.25, 0.3) is 0 Å². The number of halogens is 1. The molecule has 2 aliphatic heterocycles. The average Bonchev–Trinajstić information content (AvgIpc) is 3.60. The van der Waals surface area contributed by atoms with Crippen molar-refractivity contribution in [2.24, 2.45) is 11.8 Å². The lowest BCUT2D eigenvalue weighted by molar-refractivity contribution is -0.144. The number of ether oxygens (including phenoxy) is 1. The van der Waals surface area contributed by atoms with Gasteiger partial charge in [0.05, 0.1) is 12.3 Å². The number of hydrogen-bond acceptors (Lipinski definition) is 5. The Balaban J connectivity index is 1.23. The molecule has 3 aromatic rings. The second kappa shape index (κ2) is 14.7. The predicted molar refractivity (Wildman–Crippen MR) is 172 cm³/mol. The van der Waals surface area contributed by atoms with E-state index in [9.17, 15) is 14.3 Å². The number of carboxylic acid groups (broad SMARTS) is 1. The second-order valence-corrected chi connectivity index (χ2v) is 13.0. The fourth-order valence-electron chi connectivity index (χ4n) is 7.33. The van der Waals surface area contributed by atoms with Gasteiger partial charge in [0.1, 0.15) is 17.6 Å². The molecule has 8 heteroatoms. The molecule has 5 rings (SSSR count). The minimum Gasteiger partial charge on any atom is -0.494 e. The van der Waals surface area contributed by atoms with E-state index in [2.05, 4.69) is 46.5 Å². The van der Waals surface area contributed by atoms with Gasteiger partial charge in [0, 0.05) is 50.1 Å². The molecule has 2 fully saturated rings. The zero-order valence-electron chi connectivity index (χ0n) is 26.8. The number of piperidine rings is 1. The van der Waals surface area contributed by atoms with E-state index >= 15 is 0 Å². The first-order chi connectivity index (χ1) is 21.2. The fraction of sp³-hybridized carbons (Fsp3) is 0.556. The Kier molecular flexibility index (Phi) is 10.7. The molecule has 0 radical (unpaired) electrons. The van der Waals surface area contributed by atoms with Crippen LogP contribution in [0, 0.1) is 17.7 Å². The summed E-state index contributed by atoms with van der Waals surface area (Å²) in [5.41, 5.74) is 4.64. The van der Waals surface area contributed by atoms with Gasteiger partial charge in [-0.25, -0.2) is 4.39 Å². The highest BCUT2D eigenvalue weighted by Crippen LogP contribution is 2.37. The van der Waals surface area contributed by atoms with E-state index in [1.54, 1.807) is 12.1 Å². The molecule has 0 spiro atoms. The first kappa shape index (κ1) is 32.2. The summed E-state index contributed by atoms with van der Waals surface area (Å²) in [6.07, 6.45) is 3.94. The molecule has 7 nitrogen and oxygen atoms in total. The number of hydrogen-bond donors (Lipinski definition) is 1. The number of carboxylic acids is 1. The van der Waals surface area contributed by atoms with Crippen LogP contribution in [-0.4, -0.2) is 76.0 Å². The number of benzene rings is 2. The monoisotopic (exact) mass is 604 g/mol. The number of nitrogens with zero attached hydrogens (tertiary/aromatic N) is 4. The van der Waals surface area contributed by atoms with Gasteiger partial charge in [-0.15, -0.1) is 0 Å². The van der Waals surface area contributed by atoms with Gasteiger partial charge >= 0.3 is 5.97 Å². The first-order valence-electron chi connectivity index (χ1n) is 16.5. The Morgan fingerprint density at radius 1 is 1.07 bits per heavy atom. The van der Waals surface area contributed by atoms with Crippen molar-refractivity contribution >= 4 is 5.97 Å². The van der Waals surface area contributed by atoms with Gasteiger partial charge in [0.2, 0.25) is 0 Å².